The lowest BCUT2D eigenvalue weighted by molar-refractivity contribution is 0.0341. The molecule has 0 aromatic carbocycles. The standard InChI is InChI=1S/C7H15NO2.C5H11N/c1-7(2,3)10-6(9)8(4)5;1-2-4-6-5-3-1/h1-5H3;6H,1-5H2. The maximum atomic E-state index is 10.9. The van der Waals surface area contributed by atoms with Crippen LogP contribution < -0.4 is 5.32 Å². The molecule has 1 heterocycles. The van der Waals surface area contributed by atoms with Gasteiger partial charge in [0, 0.05) is 14.1 Å². The summed E-state index contributed by atoms with van der Waals surface area (Å²) in [6, 6.07) is 0. The van der Waals surface area contributed by atoms with Crippen LogP contribution in [0.4, 0.5) is 4.79 Å². The molecule has 4 heteroatoms. The highest BCUT2D eigenvalue weighted by molar-refractivity contribution is 5.67. The van der Waals surface area contributed by atoms with E-state index in [1.165, 1.54) is 37.3 Å². The molecule has 0 aromatic heterocycles. The number of nitrogens with one attached hydrogen (secondary N) is 1. The number of hydrogen-bond donors (Lipinski definition) is 1. The van der Waals surface area contributed by atoms with Gasteiger partial charge in [0.2, 0.25) is 0 Å². The van der Waals surface area contributed by atoms with Crippen molar-refractivity contribution < 1.29 is 9.53 Å². The minimum absolute atomic E-state index is 0.299. The maximum absolute atomic E-state index is 10.9. The van der Waals surface area contributed by atoms with Crippen LogP contribution in [0.3, 0.4) is 0 Å². The summed E-state index contributed by atoms with van der Waals surface area (Å²) in [6.07, 6.45) is 3.92. The Kier molecular flexibility index (Phi) is 7.13. The highest BCUT2D eigenvalue weighted by Gasteiger charge is 2.16. The summed E-state index contributed by atoms with van der Waals surface area (Å²) in [5.74, 6) is 0. The Balaban J connectivity index is 0.000000315. The highest BCUT2D eigenvalue weighted by atomic mass is 16.6. The molecule has 0 atom stereocenters. The van der Waals surface area contributed by atoms with Crippen molar-refractivity contribution in [1.29, 1.82) is 0 Å². The number of piperidine rings is 1. The second kappa shape index (κ2) is 7.49. The van der Waals surface area contributed by atoms with Gasteiger partial charge in [-0.05, 0) is 46.7 Å². The average molecular weight is 230 g/mol. The molecule has 1 saturated heterocycles. The quantitative estimate of drug-likeness (QED) is 0.694. The summed E-state index contributed by atoms with van der Waals surface area (Å²) in [5, 5.41) is 3.28. The number of ether oxygens (including phenoxy) is 1. The Hall–Kier alpha value is -0.770. The first-order valence-electron chi connectivity index (χ1n) is 5.94. The molecule has 1 aliphatic rings. The Labute approximate surface area is 99.3 Å². The van der Waals surface area contributed by atoms with Crippen LogP contribution in [0.25, 0.3) is 0 Å². The van der Waals surface area contributed by atoms with Gasteiger partial charge in [-0.1, -0.05) is 6.42 Å². The molecule has 1 fully saturated rings. The van der Waals surface area contributed by atoms with Crippen molar-refractivity contribution in [2.75, 3.05) is 27.2 Å². The first-order chi connectivity index (χ1) is 7.33. The molecule has 96 valence electrons. The van der Waals surface area contributed by atoms with Crippen molar-refractivity contribution in [3.63, 3.8) is 0 Å². The van der Waals surface area contributed by atoms with E-state index < -0.39 is 0 Å². The van der Waals surface area contributed by atoms with Crippen LogP contribution in [0.1, 0.15) is 40.0 Å². The van der Waals surface area contributed by atoms with E-state index in [4.69, 9.17) is 4.74 Å². The van der Waals surface area contributed by atoms with E-state index >= 15 is 0 Å². The smallest absolute Gasteiger partial charge is 0.409 e. The van der Waals surface area contributed by atoms with Gasteiger partial charge in [0.25, 0.3) is 0 Å². The van der Waals surface area contributed by atoms with Crippen LogP contribution in [-0.2, 0) is 4.74 Å². The van der Waals surface area contributed by atoms with E-state index in [0.29, 0.717) is 0 Å². The lowest BCUT2D eigenvalue weighted by atomic mass is 10.2. The van der Waals surface area contributed by atoms with Crippen LogP contribution in [0.2, 0.25) is 0 Å². The molecule has 1 N–H and O–H groups in total. The summed E-state index contributed by atoms with van der Waals surface area (Å²) < 4.78 is 4.99. The van der Waals surface area contributed by atoms with Gasteiger partial charge in [-0.15, -0.1) is 0 Å². The highest BCUT2D eigenvalue weighted by Crippen LogP contribution is 2.07. The Morgan fingerprint density at radius 3 is 1.75 bits per heavy atom. The predicted octanol–water partition coefficient (Wildman–Crippen LogP) is 2.24. The summed E-state index contributed by atoms with van der Waals surface area (Å²) in [7, 11) is 3.32. The first-order valence-corrected chi connectivity index (χ1v) is 5.94. The molecule has 1 amide bonds. The molecule has 0 bridgehead atoms. The maximum Gasteiger partial charge on any atom is 0.409 e. The Morgan fingerprint density at radius 1 is 1.12 bits per heavy atom. The average Bonchev–Trinajstić information content (AvgIpc) is 2.18. The first kappa shape index (κ1) is 15.2. The third-order valence-corrected chi connectivity index (χ3v) is 1.97. The number of carbonyl (C=O) groups excluding carboxylic acids is 1. The fraction of sp³-hybridized carbons (Fsp3) is 0.917. The van der Waals surface area contributed by atoms with Gasteiger partial charge in [-0.2, -0.15) is 0 Å². The molecule has 0 spiro atoms. The summed E-state index contributed by atoms with van der Waals surface area (Å²) >= 11 is 0. The van der Waals surface area contributed by atoms with Crippen molar-refractivity contribution in [3.8, 4) is 0 Å². The van der Waals surface area contributed by atoms with Crippen LogP contribution >= 0.6 is 0 Å². The minimum atomic E-state index is -0.388. The van der Waals surface area contributed by atoms with E-state index in [1.54, 1.807) is 14.1 Å². The summed E-state index contributed by atoms with van der Waals surface area (Å²) in [4.78, 5) is 12.3. The van der Waals surface area contributed by atoms with Crippen LogP contribution in [0, 0.1) is 0 Å². The van der Waals surface area contributed by atoms with Gasteiger partial charge in [-0.25, -0.2) is 4.79 Å². The molecule has 1 rings (SSSR count). The van der Waals surface area contributed by atoms with Crippen LogP contribution in [-0.4, -0.2) is 43.8 Å². The third kappa shape index (κ3) is 9.77. The van der Waals surface area contributed by atoms with Crippen LogP contribution in [0.15, 0.2) is 0 Å². The van der Waals surface area contributed by atoms with Crippen LogP contribution in [0.5, 0.6) is 0 Å². The molecular formula is C12H26N2O2. The van der Waals surface area contributed by atoms with E-state index in [0.717, 1.165) is 0 Å². The topological polar surface area (TPSA) is 41.6 Å². The summed E-state index contributed by atoms with van der Waals surface area (Å²) in [5.41, 5.74) is -0.388. The van der Waals surface area contributed by atoms with E-state index in [9.17, 15) is 4.79 Å². The number of hydrogen-bond acceptors (Lipinski definition) is 3. The molecule has 0 saturated carbocycles. The normalized spacial score (nSPS) is 15.8. The zero-order valence-electron chi connectivity index (χ0n) is 11.3. The van der Waals surface area contributed by atoms with Crippen molar-refractivity contribution >= 4 is 6.09 Å². The van der Waals surface area contributed by atoms with Crippen molar-refractivity contribution in [3.05, 3.63) is 0 Å². The van der Waals surface area contributed by atoms with Crippen molar-refractivity contribution in [2.45, 2.75) is 45.6 Å². The lowest BCUT2D eigenvalue weighted by Gasteiger charge is -2.22. The van der Waals surface area contributed by atoms with E-state index in [1.807, 2.05) is 20.8 Å². The number of nitrogens with zero attached hydrogens (tertiary/aromatic N) is 1. The molecule has 0 aliphatic carbocycles. The molecular weight excluding hydrogens is 204 g/mol. The zero-order chi connectivity index (χ0) is 12.6. The number of carbonyl (C=O) groups is 1. The van der Waals surface area contributed by atoms with Crippen molar-refractivity contribution in [2.24, 2.45) is 0 Å². The molecule has 4 nitrogen and oxygen atoms in total. The lowest BCUT2D eigenvalue weighted by Crippen LogP contribution is -2.31. The third-order valence-electron chi connectivity index (χ3n) is 1.97. The molecule has 0 unspecified atom stereocenters. The molecule has 1 aliphatic heterocycles. The Morgan fingerprint density at radius 2 is 1.62 bits per heavy atom. The monoisotopic (exact) mass is 230 g/mol. The van der Waals surface area contributed by atoms with Gasteiger partial charge in [0.1, 0.15) is 5.60 Å². The molecule has 0 aromatic rings. The van der Waals surface area contributed by atoms with Crippen molar-refractivity contribution in [1.82, 2.24) is 10.2 Å². The molecule has 16 heavy (non-hydrogen) atoms. The fourth-order valence-electron chi connectivity index (χ4n) is 1.15. The zero-order valence-corrected chi connectivity index (χ0v) is 11.3. The number of rotatable bonds is 0. The molecule has 0 radical (unpaired) electrons. The minimum Gasteiger partial charge on any atom is -0.444 e. The van der Waals surface area contributed by atoms with E-state index in [-0.39, 0.29) is 11.7 Å². The van der Waals surface area contributed by atoms with Gasteiger partial charge in [0.15, 0.2) is 0 Å². The number of amides is 1. The van der Waals surface area contributed by atoms with Gasteiger partial charge >= 0.3 is 6.09 Å². The van der Waals surface area contributed by atoms with Gasteiger partial charge in [0.05, 0.1) is 0 Å². The second-order valence-electron chi connectivity index (χ2n) is 5.19. The summed E-state index contributed by atoms with van der Waals surface area (Å²) in [6.45, 7) is 8.02. The SMILES string of the molecule is C1CCNCC1.CN(C)C(=O)OC(C)(C)C. The van der Waals surface area contributed by atoms with Gasteiger partial charge in [-0.3, -0.25) is 0 Å². The Bertz CT molecular complexity index is 182. The predicted molar refractivity (Wildman–Crippen MR) is 66.6 cm³/mol. The largest absolute Gasteiger partial charge is 0.444 e. The second-order valence-corrected chi connectivity index (χ2v) is 5.19. The van der Waals surface area contributed by atoms with E-state index in [2.05, 4.69) is 5.32 Å². The fourth-order valence-corrected chi connectivity index (χ4v) is 1.15. The van der Waals surface area contributed by atoms with Gasteiger partial charge < -0.3 is 15.0 Å².